The minimum atomic E-state index is -1.47. The number of aliphatic hydroxyl groups is 1. The number of rotatable bonds is 11. The third kappa shape index (κ3) is 11.2. The molecular weight excluding hydrogens is 840 g/mol. The predicted molar refractivity (Wildman–Crippen MR) is 229 cm³/mol. The van der Waals surface area contributed by atoms with Crippen LogP contribution in [0.4, 0.5) is 4.79 Å². The second-order valence-corrected chi connectivity index (χ2v) is 18.7. The molecule has 2 amide bonds. The van der Waals surface area contributed by atoms with Crippen LogP contribution < -0.4 is 4.74 Å². The van der Waals surface area contributed by atoms with E-state index in [1.54, 1.807) is 37.3 Å². The first-order chi connectivity index (χ1) is 29.4. The molecule has 1 N–H and O–H groups in total. The van der Waals surface area contributed by atoms with E-state index in [-0.39, 0.29) is 55.2 Å². The Labute approximate surface area is 369 Å². The number of allylic oxidation sites excluding steroid dienone is 1. The monoisotopic (exact) mass is 892 g/mol. The molecule has 3 aliphatic heterocycles. The van der Waals surface area contributed by atoms with Crippen molar-refractivity contribution < 1.29 is 57.6 Å². The van der Waals surface area contributed by atoms with Crippen LogP contribution in [-0.2, 0) is 49.5 Å². The normalized spacial score (nSPS) is 26.8. The number of epoxide rings is 1. The molecule has 0 saturated carbocycles. The van der Waals surface area contributed by atoms with Gasteiger partial charge in [-0.15, -0.1) is 17.9 Å². The molecule has 2 fully saturated rings. The Morgan fingerprint density at radius 2 is 1.84 bits per heavy atom. The number of esters is 2. The van der Waals surface area contributed by atoms with Crippen LogP contribution >= 0.6 is 22.9 Å². The highest BCUT2D eigenvalue weighted by molar-refractivity contribution is 7.18. The molecule has 62 heavy (non-hydrogen) atoms. The molecule has 4 heterocycles. The van der Waals surface area contributed by atoms with Gasteiger partial charge < -0.3 is 28.8 Å². The molecule has 1 aromatic heterocycles. The van der Waals surface area contributed by atoms with Crippen LogP contribution in [0.5, 0.6) is 5.75 Å². The Hall–Kier alpha value is -4.96. The number of ether oxygens (including phenoxy) is 5. The lowest BCUT2D eigenvalue weighted by molar-refractivity contribution is -0.157. The third-order valence-electron chi connectivity index (χ3n) is 12.0. The largest absolute Gasteiger partial charge is 0.508 e. The molecule has 3 aliphatic rings. The van der Waals surface area contributed by atoms with Crippen LogP contribution in [0.3, 0.4) is 0 Å². The summed E-state index contributed by atoms with van der Waals surface area (Å²) in [4.78, 5) is 83.0. The molecule has 14 nitrogen and oxygen atoms in total. The minimum absolute atomic E-state index is 0.0679. The second-order valence-electron chi connectivity index (χ2n) is 17.0. The molecule has 7 atom stereocenters. The van der Waals surface area contributed by atoms with Crippen molar-refractivity contribution >= 4 is 68.8 Å². The Kier molecular flexibility index (Phi) is 14.7. The van der Waals surface area contributed by atoms with Gasteiger partial charge in [-0.1, -0.05) is 57.0 Å². The molecule has 2 saturated heterocycles. The molecule has 0 spiro atoms. The smallest absolute Gasteiger partial charge is 0.457 e. The number of aliphatic hydroxyl groups excluding tert-OH is 1. The van der Waals surface area contributed by atoms with Gasteiger partial charge in [0.05, 0.1) is 55.8 Å². The van der Waals surface area contributed by atoms with E-state index in [1.807, 2.05) is 39.0 Å². The van der Waals surface area contributed by atoms with Crippen LogP contribution in [0.2, 0.25) is 5.02 Å². The summed E-state index contributed by atoms with van der Waals surface area (Å²) in [6.45, 7) is 12.6. The van der Waals surface area contributed by atoms with Crippen LogP contribution in [0, 0.1) is 24.2 Å². The van der Waals surface area contributed by atoms with E-state index < -0.39 is 77.4 Å². The van der Waals surface area contributed by atoms with Crippen molar-refractivity contribution in [3.8, 4) is 5.75 Å². The number of amides is 2. The van der Waals surface area contributed by atoms with Gasteiger partial charge in [0, 0.05) is 31.5 Å². The maximum atomic E-state index is 14.5. The van der Waals surface area contributed by atoms with Gasteiger partial charge in [-0.05, 0) is 80.8 Å². The van der Waals surface area contributed by atoms with Gasteiger partial charge in [0.15, 0.2) is 0 Å². The lowest BCUT2D eigenvalue weighted by Crippen LogP contribution is -2.47. The zero-order valence-corrected chi connectivity index (χ0v) is 37.1. The van der Waals surface area contributed by atoms with Crippen molar-refractivity contribution in [1.82, 2.24) is 9.88 Å². The summed E-state index contributed by atoms with van der Waals surface area (Å²) >= 11 is 7.98. The lowest BCUT2D eigenvalue weighted by Gasteiger charge is -2.37. The van der Waals surface area contributed by atoms with Crippen molar-refractivity contribution in [2.24, 2.45) is 17.3 Å². The first-order valence-corrected chi connectivity index (χ1v) is 22.0. The Balaban J connectivity index is 1.11. The average molecular weight is 893 g/mol. The molecule has 16 heteroatoms. The van der Waals surface area contributed by atoms with Crippen LogP contribution in [0.15, 0.2) is 61.2 Å². The average Bonchev–Trinajstić information content (AvgIpc) is 3.50. The Bertz CT molecular complexity index is 2240. The summed E-state index contributed by atoms with van der Waals surface area (Å²) in [5.41, 5.74) is 0.0818. The fraction of sp³-hybridized carbons (Fsp3) is 0.500. The number of carbonyl (C=O) groups excluding carboxylic acids is 6. The Morgan fingerprint density at radius 1 is 1.10 bits per heavy atom. The fourth-order valence-corrected chi connectivity index (χ4v) is 9.14. The number of thiazole rings is 1. The quantitative estimate of drug-likeness (QED) is 0.0640. The van der Waals surface area contributed by atoms with Crippen molar-refractivity contribution in [2.45, 2.75) is 123 Å². The number of aryl methyl sites for hydroxylation is 1. The highest BCUT2D eigenvalue weighted by Gasteiger charge is 2.53. The maximum Gasteiger partial charge on any atom is 0.508 e. The predicted octanol–water partition coefficient (Wildman–Crippen LogP) is 8.08. The summed E-state index contributed by atoms with van der Waals surface area (Å²) < 4.78 is 30.2. The summed E-state index contributed by atoms with van der Waals surface area (Å²) in [5.74, 6) is -3.79. The van der Waals surface area contributed by atoms with Crippen molar-refractivity contribution in [1.29, 1.82) is 0 Å². The van der Waals surface area contributed by atoms with E-state index in [2.05, 4.69) is 11.6 Å². The van der Waals surface area contributed by atoms with E-state index in [0.717, 1.165) is 25.7 Å². The molecule has 332 valence electrons. The van der Waals surface area contributed by atoms with E-state index in [0.29, 0.717) is 31.2 Å². The third-order valence-corrected chi connectivity index (χ3v) is 13.2. The van der Waals surface area contributed by atoms with E-state index in [1.165, 1.54) is 24.3 Å². The Morgan fingerprint density at radius 3 is 2.55 bits per heavy atom. The topological polar surface area (TPSA) is 188 Å². The highest BCUT2D eigenvalue weighted by Crippen LogP contribution is 2.47. The summed E-state index contributed by atoms with van der Waals surface area (Å²) in [6, 6.07) is 10.3. The standard InChI is InChI=1S/C46H53ClN2O12S/c1-7-10-30-42(60-44(56)57-25-28-13-15-33(31(47)21-28)58-40(53)12-9-20-49-38(51)17-18-39(49)52)26(2)11-8-19-46(6)37(61-46)23-34(29-14-16-35-32(22-29)48-27(3)62-35)59-41(54)24-36(50)45(4,5)43(30)55/h7,13-18,21-22,26,30,34,36-37,42,50H,1,8-12,19-20,23-25H2,2-6H3/t26-,30+,34-,36-,37-,42-,46+/m0/s1. The van der Waals surface area contributed by atoms with E-state index >= 15 is 0 Å². The van der Waals surface area contributed by atoms with Crippen LogP contribution in [0.25, 0.3) is 10.2 Å². The molecule has 0 unspecified atom stereocenters. The SMILES string of the molecule is C=CC[C@H]1C(=O)C(C)(C)[C@@H](O)CC(=O)O[C@H](c2ccc3sc(C)nc3c2)C[C@@H]2O[C@]2(C)CCC[C@H](C)[C@@H]1OC(=O)OCc1ccc(OC(=O)CCCN2C(=O)C=CC2=O)c(Cl)c1. The number of aromatic nitrogens is 1. The van der Waals surface area contributed by atoms with Crippen molar-refractivity contribution in [2.75, 3.05) is 6.54 Å². The van der Waals surface area contributed by atoms with Gasteiger partial charge in [-0.25, -0.2) is 9.78 Å². The number of fused-ring (bicyclic) bond motifs is 2. The highest BCUT2D eigenvalue weighted by atomic mass is 35.5. The lowest BCUT2D eigenvalue weighted by atomic mass is 9.71. The minimum Gasteiger partial charge on any atom is -0.457 e. The number of carbonyl (C=O) groups is 6. The summed E-state index contributed by atoms with van der Waals surface area (Å²) in [7, 11) is 0. The molecule has 0 radical (unpaired) electrons. The molecule has 3 aromatic rings. The molecule has 0 bridgehead atoms. The van der Waals surface area contributed by atoms with E-state index in [4.69, 9.17) is 35.3 Å². The molecule has 6 rings (SSSR count). The van der Waals surface area contributed by atoms with Gasteiger partial charge in [0.25, 0.3) is 11.8 Å². The molecule has 2 aromatic carbocycles. The van der Waals surface area contributed by atoms with E-state index in [9.17, 15) is 33.9 Å². The number of hydrogen-bond acceptors (Lipinski definition) is 14. The first-order valence-electron chi connectivity index (χ1n) is 20.8. The van der Waals surface area contributed by atoms with Crippen molar-refractivity contribution in [3.05, 3.63) is 82.4 Å². The molecular formula is C46H53ClN2O12S. The maximum absolute atomic E-state index is 14.5. The van der Waals surface area contributed by atoms with Crippen LogP contribution in [-0.4, -0.2) is 81.1 Å². The van der Waals surface area contributed by atoms with Gasteiger partial charge in [-0.2, -0.15) is 0 Å². The number of imide groups is 1. The molecule has 0 aliphatic carbocycles. The van der Waals surface area contributed by atoms with Crippen molar-refractivity contribution in [3.63, 3.8) is 0 Å². The fourth-order valence-electron chi connectivity index (χ4n) is 8.09. The number of ketones is 1. The number of benzene rings is 2. The number of halogens is 1. The number of cyclic esters (lactones) is 1. The van der Waals surface area contributed by atoms with Crippen LogP contribution in [0.1, 0.15) is 101 Å². The second kappa shape index (κ2) is 19.6. The van der Waals surface area contributed by atoms with Gasteiger partial charge in [0.1, 0.15) is 30.3 Å². The summed E-state index contributed by atoms with van der Waals surface area (Å²) in [6.07, 6.45) is 1.68. The van der Waals surface area contributed by atoms with Gasteiger partial charge >= 0.3 is 18.1 Å². The number of hydrogen-bond donors (Lipinski definition) is 1. The first kappa shape index (κ1) is 46.5. The van der Waals surface area contributed by atoms with Gasteiger partial charge in [-0.3, -0.25) is 28.9 Å². The van der Waals surface area contributed by atoms with Gasteiger partial charge in [0.2, 0.25) is 0 Å². The zero-order chi connectivity index (χ0) is 44.9. The zero-order valence-electron chi connectivity index (χ0n) is 35.6. The number of Topliss-reactive ketones (excluding diaryl/α,β-unsaturated/α-hetero) is 1. The summed E-state index contributed by atoms with van der Waals surface area (Å²) in [5, 5.41) is 12.5. The number of nitrogens with zero attached hydrogens (tertiary/aromatic N) is 2.